The Morgan fingerprint density at radius 2 is 2.05 bits per heavy atom. The molecule has 5 heteroatoms. The number of aromatic nitrogens is 1. The molecular weight excluding hydrogens is 308 g/mol. The third-order valence-corrected chi connectivity index (χ3v) is 3.38. The van der Waals surface area contributed by atoms with Crippen LogP contribution in [0.5, 0.6) is 0 Å². The molecular formula is C14H19BrN2O2. The van der Waals surface area contributed by atoms with Gasteiger partial charge in [0.1, 0.15) is 5.60 Å². The molecule has 1 amide bonds. The molecule has 1 aromatic heterocycles. The van der Waals surface area contributed by atoms with Gasteiger partial charge in [-0.15, -0.1) is 0 Å². The summed E-state index contributed by atoms with van der Waals surface area (Å²) >= 11 is 3.43. The van der Waals surface area contributed by atoms with Gasteiger partial charge >= 0.3 is 6.09 Å². The Morgan fingerprint density at radius 3 is 2.74 bits per heavy atom. The molecule has 0 bridgehead atoms. The van der Waals surface area contributed by atoms with Crippen LogP contribution in [0.1, 0.15) is 32.0 Å². The fourth-order valence-electron chi connectivity index (χ4n) is 2.07. The Balaban J connectivity index is 2.05. The van der Waals surface area contributed by atoms with E-state index in [1.165, 1.54) is 5.56 Å². The highest BCUT2D eigenvalue weighted by atomic mass is 79.9. The summed E-state index contributed by atoms with van der Waals surface area (Å²) in [7, 11) is 0. The molecule has 2 rings (SSSR count). The first-order valence-electron chi connectivity index (χ1n) is 6.46. The third kappa shape index (κ3) is 3.93. The van der Waals surface area contributed by atoms with E-state index in [0.29, 0.717) is 13.1 Å². The smallest absolute Gasteiger partial charge is 0.410 e. The molecule has 0 aromatic carbocycles. The van der Waals surface area contributed by atoms with Crippen molar-refractivity contribution < 1.29 is 9.53 Å². The fraction of sp³-hybridized carbons (Fsp3) is 0.571. The van der Waals surface area contributed by atoms with E-state index in [9.17, 15) is 4.79 Å². The molecule has 0 radical (unpaired) electrons. The molecule has 0 fully saturated rings. The molecule has 104 valence electrons. The van der Waals surface area contributed by atoms with E-state index in [1.807, 2.05) is 27.0 Å². The Bertz CT molecular complexity index is 483. The highest BCUT2D eigenvalue weighted by Gasteiger charge is 2.24. The van der Waals surface area contributed by atoms with Crippen LogP contribution in [0.25, 0.3) is 0 Å². The monoisotopic (exact) mass is 326 g/mol. The zero-order valence-corrected chi connectivity index (χ0v) is 13.2. The number of amides is 1. The van der Waals surface area contributed by atoms with Gasteiger partial charge in [0, 0.05) is 35.9 Å². The van der Waals surface area contributed by atoms with Gasteiger partial charge in [0.25, 0.3) is 0 Å². The SMILES string of the molecule is CC(C)(C)OC(=O)N1CCc2cc(Br)cnc2CC1. The van der Waals surface area contributed by atoms with E-state index < -0.39 is 5.60 Å². The van der Waals surface area contributed by atoms with E-state index in [1.54, 1.807) is 4.90 Å². The molecule has 4 nitrogen and oxygen atoms in total. The lowest BCUT2D eigenvalue weighted by atomic mass is 10.1. The van der Waals surface area contributed by atoms with Gasteiger partial charge in [0.2, 0.25) is 0 Å². The minimum absolute atomic E-state index is 0.237. The van der Waals surface area contributed by atoms with Crippen molar-refractivity contribution in [2.24, 2.45) is 0 Å². The lowest BCUT2D eigenvalue weighted by Gasteiger charge is -2.26. The van der Waals surface area contributed by atoms with Crippen molar-refractivity contribution in [2.45, 2.75) is 39.2 Å². The van der Waals surface area contributed by atoms with Gasteiger partial charge in [-0.3, -0.25) is 4.98 Å². The van der Waals surface area contributed by atoms with Gasteiger partial charge in [-0.1, -0.05) is 0 Å². The molecule has 1 aliphatic rings. The highest BCUT2D eigenvalue weighted by molar-refractivity contribution is 9.10. The number of fused-ring (bicyclic) bond motifs is 1. The van der Waals surface area contributed by atoms with Gasteiger partial charge in [-0.05, 0) is 54.8 Å². The molecule has 1 aromatic rings. The molecule has 2 heterocycles. The van der Waals surface area contributed by atoms with Crippen molar-refractivity contribution in [3.05, 3.63) is 28.0 Å². The number of pyridine rings is 1. The highest BCUT2D eigenvalue weighted by Crippen LogP contribution is 2.19. The topological polar surface area (TPSA) is 42.4 Å². The van der Waals surface area contributed by atoms with E-state index in [2.05, 4.69) is 27.0 Å². The zero-order valence-electron chi connectivity index (χ0n) is 11.6. The number of nitrogens with zero attached hydrogens (tertiary/aromatic N) is 2. The van der Waals surface area contributed by atoms with E-state index in [-0.39, 0.29) is 6.09 Å². The van der Waals surface area contributed by atoms with Crippen molar-refractivity contribution >= 4 is 22.0 Å². The van der Waals surface area contributed by atoms with E-state index in [0.717, 1.165) is 23.0 Å². The maximum Gasteiger partial charge on any atom is 0.410 e. The number of carbonyl (C=O) groups is 1. The minimum Gasteiger partial charge on any atom is -0.444 e. The summed E-state index contributed by atoms with van der Waals surface area (Å²) in [6, 6.07) is 2.08. The zero-order chi connectivity index (χ0) is 14.0. The fourth-order valence-corrected chi connectivity index (χ4v) is 2.45. The predicted octanol–water partition coefficient (Wildman–Crippen LogP) is 3.18. The van der Waals surface area contributed by atoms with Crippen molar-refractivity contribution in [2.75, 3.05) is 13.1 Å². The predicted molar refractivity (Wildman–Crippen MR) is 77.2 cm³/mol. The molecule has 0 unspecified atom stereocenters. The first kappa shape index (κ1) is 14.3. The van der Waals surface area contributed by atoms with Crippen molar-refractivity contribution in [1.82, 2.24) is 9.88 Å². The number of ether oxygens (including phenoxy) is 1. The van der Waals surface area contributed by atoms with Crippen LogP contribution in [-0.4, -0.2) is 34.7 Å². The summed E-state index contributed by atoms with van der Waals surface area (Å²) in [6.45, 7) is 7.00. The van der Waals surface area contributed by atoms with Crippen LogP contribution in [0.4, 0.5) is 4.79 Å². The second kappa shape index (κ2) is 5.49. The van der Waals surface area contributed by atoms with Gasteiger partial charge < -0.3 is 9.64 Å². The Labute approximate surface area is 122 Å². The van der Waals surface area contributed by atoms with Crippen molar-refractivity contribution in [1.29, 1.82) is 0 Å². The number of rotatable bonds is 0. The maximum absolute atomic E-state index is 12.1. The molecule has 0 N–H and O–H groups in total. The lowest BCUT2D eigenvalue weighted by Crippen LogP contribution is -2.38. The summed E-state index contributed by atoms with van der Waals surface area (Å²) in [6.07, 6.45) is 3.17. The average molecular weight is 327 g/mol. The van der Waals surface area contributed by atoms with Crippen LogP contribution in [0.2, 0.25) is 0 Å². The maximum atomic E-state index is 12.1. The molecule has 19 heavy (non-hydrogen) atoms. The van der Waals surface area contributed by atoms with Crippen LogP contribution in [0.15, 0.2) is 16.7 Å². The second-order valence-electron chi connectivity index (χ2n) is 5.73. The normalized spacial score (nSPS) is 15.7. The van der Waals surface area contributed by atoms with Crippen LogP contribution < -0.4 is 0 Å². The first-order chi connectivity index (χ1) is 8.85. The first-order valence-corrected chi connectivity index (χ1v) is 7.26. The third-order valence-electron chi connectivity index (χ3n) is 2.95. The summed E-state index contributed by atoms with van der Waals surface area (Å²) in [5, 5.41) is 0. The summed E-state index contributed by atoms with van der Waals surface area (Å²) in [5.74, 6) is 0. The van der Waals surface area contributed by atoms with E-state index >= 15 is 0 Å². The standard InChI is InChI=1S/C14H19BrN2O2/c1-14(2,3)19-13(18)17-6-4-10-8-11(15)9-16-12(10)5-7-17/h8-9H,4-7H2,1-3H3. The number of hydrogen-bond acceptors (Lipinski definition) is 3. The quantitative estimate of drug-likeness (QED) is 0.735. The van der Waals surface area contributed by atoms with Crippen LogP contribution >= 0.6 is 15.9 Å². The van der Waals surface area contributed by atoms with Crippen molar-refractivity contribution in [3.8, 4) is 0 Å². The number of carbonyl (C=O) groups excluding carboxylic acids is 1. The second-order valence-corrected chi connectivity index (χ2v) is 6.64. The Hall–Kier alpha value is -1.10. The molecule has 0 atom stereocenters. The van der Waals surface area contributed by atoms with Crippen molar-refractivity contribution in [3.63, 3.8) is 0 Å². The molecule has 1 aliphatic heterocycles. The van der Waals surface area contributed by atoms with Gasteiger partial charge in [0.15, 0.2) is 0 Å². The van der Waals surface area contributed by atoms with Crippen LogP contribution in [-0.2, 0) is 17.6 Å². The Kier molecular flexibility index (Phi) is 4.13. The van der Waals surface area contributed by atoms with Gasteiger partial charge in [-0.2, -0.15) is 0 Å². The molecule has 0 aliphatic carbocycles. The molecule has 0 saturated heterocycles. The molecule has 0 spiro atoms. The van der Waals surface area contributed by atoms with Crippen LogP contribution in [0.3, 0.4) is 0 Å². The van der Waals surface area contributed by atoms with Crippen LogP contribution in [0, 0.1) is 0 Å². The molecule has 0 saturated carbocycles. The van der Waals surface area contributed by atoms with Gasteiger partial charge in [0.05, 0.1) is 0 Å². The average Bonchev–Trinajstić information content (AvgIpc) is 2.48. The summed E-state index contributed by atoms with van der Waals surface area (Å²) in [4.78, 5) is 18.2. The lowest BCUT2D eigenvalue weighted by molar-refractivity contribution is 0.0258. The van der Waals surface area contributed by atoms with E-state index in [4.69, 9.17) is 4.74 Å². The van der Waals surface area contributed by atoms with Gasteiger partial charge in [-0.25, -0.2) is 4.79 Å². The summed E-state index contributed by atoms with van der Waals surface area (Å²) < 4.78 is 6.40. The summed E-state index contributed by atoms with van der Waals surface area (Å²) in [5.41, 5.74) is 1.84. The Morgan fingerprint density at radius 1 is 1.37 bits per heavy atom. The largest absolute Gasteiger partial charge is 0.444 e. The number of halogens is 1. The number of hydrogen-bond donors (Lipinski definition) is 0. The minimum atomic E-state index is -0.447.